The molecule has 3 rings (SSSR count). The summed E-state index contributed by atoms with van der Waals surface area (Å²) >= 11 is 0. The van der Waals surface area contributed by atoms with Crippen LogP contribution >= 0.6 is 0 Å². The number of hydroxylamine groups is 1. The van der Waals surface area contributed by atoms with E-state index < -0.39 is 33.7 Å². The summed E-state index contributed by atoms with van der Waals surface area (Å²) in [5.74, 6) is -0.353. The predicted octanol–water partition coefficient (Wildman–Crippen LogP) is 2.66. The van der Waals surface area contributed by atoms with Gasteiger partial charge in [-0.25, -0.2) is 18.7 Å². The van der Waals surface area contributed by atoms with Crippen LogP contribution in [0.15, 0.2) is 47.4 Å². The molecule has 33 heavy (non-hydrogen) atoms. The molecule has 1 aliphatic rings. The summed E-state index contributed by atoms with van der Waals surface area (Å²) in [5.41, 5.74) is 2.64. The van der Waals surface area contributed by atoms with E-state index >= 15 is 0 Å². The molecule has 0 saturated carbocycles. The number of rotatable bonds is 5. The van der Waals surface area contributed by atoms with Crippen LogP contribution in [0.3, 0.4) is 0 Å². The van der Waals surface area contributed by atoms with Crippen molar-refractivity contribution in [2.24, 2.45) is 0 Å². The lowest BCUT2D eigenvalue weighted by Gasteiger charge is -2.34. The average molecular weight is 478 g/mol. The minimum Gasteiger partial charge on any atom is -0.497 e. The largest absolute Gasteiger partial charge is 0.497 e. The second-order valence-corrected chi connectivity index (χ2v) is 10.4. The first-order valence-electron chi connectivity index (χ1n) is 10.2. The van der Waals surface area contributed by atoms with Gasteiger partial charge in [0.05, 0.1) is 12.0 Å². The van der Waals surface area contributed by atoms with Gasteiger partial charge in [-0.2, -0.15) is 4.31 Å². The van der Waals surface area contributed by atoms with E-state index in [1.165, 1.54) is 31.4 Å². The summed E-state index contributed by atoms with van der Waals surface area (Å²) in [5, 5.41) is 11.8. The molecule has 2 aromatic rings. The number of fused-ring (bicyclic) bond motifs is 1. The Bertz CT molecular complexity index is 1140. The van der Waals surface area contributed by atoms with Gasteiger partial charge < -0.3 is 9.47 Å². The summed E-state index contributed by atoms with van der Waals surface area (Å²) in [6, 6.07) is 9.63. The SMILES string of the molecule is COc1ccc(S(=O)(=O)N2Cc3cc(NC(=O)OC(C)(C)C)ccc3C[C@@H]2C(=O)NO)cc1. The van der Waals surface area contributed by atoms with Crippen molar-refractivity contribution in [3.05, 3.63) is 53.6 Å². The Kier molecular flexibility index (Phi) is 6.96. The van der Waals surface area contributed by atoms with Gasteiger partial charge in [0.25, 0.3) is 5.91 Å². The Balaban J connectivity index is 1.94. The third-order valence-corrected chi connectivity index (χ3v) is 6.89. The molecule has 1 heterocycles. The smallest absolute Gasteiger partial charge is 0.412 e. The van der Waals surface area contributed by atoms with Gasteiger partial charge in [-0.1, -0.05) is 6.07 Å². The van der Waals surface area contributed by atoms with Gasteiger partial charge in [0.15, 0.2) is 0 Å². The van der Waals surface area contributed by atoms with E-state index in [0.29, 0.717) is 17.0 Å². The van der Waals surface area contributed by atoms with Crippen molar-refractivity contribution in [2.45, 2.75) is 50.3 Å². The fourth-order valence-electron chi connectivity index (χ4n) is 3.49. The van der Waals surface area contributed by atoms with E-state index in [2.05, 4.69) is 5.32 Å². The van der Waals surface area contributed by atoms with Crippen LogP contribution in [-0.4, -0.2) is 48.7 Å². The zero-order valence-corrected chi connectivity index (χ0v) is 19.6. The number of anilines is 1. The number of benzene rings is 2. The highest BCUT2D eigenvalue weighted by atomic mass is 32.2. The molecule has 0 unspecified atom stereocenters. The second-order valence-electron chi connectivity index (χ2n) is 8.53. The van der Waals surface area contributed by atoms with Crippen LogP contribution in [0.2, 0.25) is 0 Å². The van der Waals surface area contributed by atoms with E-state index in [0.717, 1.165) is 9.87 Å². The van der Waals surface area contributed by atoms with Crippen LogP contribution in [0.1, 0.15) is 31.9 Å². The first kappa shape index (κ1) is 24.5. The Labute approximate surface area is 192 Å². The first-order valence-corrected chi connectivity index (χ1v) is 11.6. The molecule has 2 amide bonds. The number of hydrogen-bond acceptors (Lipinski definition) is 7. The van der Waals surface area contributed by atoms with Crippen molar-refractivity contribution in [1.29, 1.82) is 0 Å². The van der Waals surface area contributed by atoms with Crippen LogP contribution < -0.4 is 15.5 Å². The highest BCUT2D eigenvalue weighted by Crippen LogP contribution is 2.31. The molecule has 3 N–H and O–H groups in total. The minimum atomic E-state index is -4.10. The molecule has 2 aromatic carbocycles. The van der Waals surface area contributed by atoms with E-state index in [1.807, 2.05) is 0 Å². The normalized spacial score (nSPS) is 16.5. The Morgan fingerprint density at radius 2 is 1.76 bits per heavy atom. The zero-order chi connectivity index (χ0) is 24.4. The average Bonchev–Trinajstić information content (AvgIpc) is 2.76. The van der Waals surface area contributed by atoms with Crippen molar-refractivity contribution < 1.29 is 32.7 Å². The molecule has 10 nitrogen and oxygen atoms in total. The number of carbonyl (C=O) groups is 2. The zero-order valence-electron chi connectivity index (χ0n) is 18.8. The summed E-state index contributed by atoms with van der Waals surface area (Å²) in [6.45, 7) is 5.10. The molecular weight excluding hydrogens is 450 g/mol. The van der Waals surface area contributed by atoms with Crippen molar-refractivity contribution in [2.75, 3.05) is 12.4 Å². The Hall–Kier alpha value is -3.15. The molecule has 0 bridgehead atoms. The topological polar surface area (TPSA) is 134 Å². The highest BCUT2D eigenvalue weighted by Gasteiger charge is 2.39. The maximum Gasteiger partial charge on any atom is 0.412 e. The van der Waals surface area contributed by atoms with Crippen molar-refractivity contribution in [1.82, 2.24) is 9.79 Å². The third kappa shape index (κ3) is 5.62. The van der Waals surface area contributed by atoms with Crippen molar-refractivity contribution in [3.63, 3.8) is 0 Å². The monoisotopic (exact) mass is 477 g/mol. The molecule has 0 radical (unpaired) electrons. The van der Waals surface area contributed by atoms with Crippen LogP contribution in [0.4, 0.5) is 10.5 Å². The van der Waals surface area contributed by atoms with Gasteiger partial charge in [-0.05, 0) is 74.7 Å². The fraction of sp³-hybridized carbons (Fsp3) is 0.364. The van der Waals surface area contributed by atoms with Gasteiger partial charge in [-0.3, -0.25) is 15.3 Å². The minimum absolute atomic E-state index is 0.0227. The van der Waals surface area contributed by atoms with Crippen molar-refractivity contribution >= 4 is 27.7 Å². The Morgan fingerprint density at radius 3 is 2.33 bits per heavy atom. The second kappa shape index (κ2) is 9.38. The molecule has 11 heteroatoms. The maximum atomic E-state index is 13.4. The first-order chi connectivity index (χ1) is 15.4. The molecule has 0 saturated heterocycles. The number of amides is 2. The van der Waals surface area contributed by atoms with Crippen LogP contribution in [0.5, 0.6) is 5.75 Å². The molecule has 1 atom stereocenters. The number of sulfonamides is 1. The maximum absolute atomic E-state index is 13.4. The number of nitrogens with zero attached hydrogens (tertiary/aromatic N) is 1. The molecular formula is C22H27N3O7S. The quantitative estimate of drug-likeness (QED) is 0.445. The molecule has 0 fully saturated rings. The standard InChI is InChI=1S/C22H27N3O7S/c1-22(2,3)32-21(27)23-16-6-5-14-12-19(20(26)24-28)25(13-15(14)11-16)33(29,30)18-9-7-17(31-4)8-10-18/h5-11,19,28H,12-13H2,1-4H3,(H,23,27)(H,24,26)/t19-/m1/s1. The lowest BCUT2D eigenvalue weighted by atomic mass is 9.95. The molecule has 0 aromatic heterocycles. The fourth-order valence-corrected chi connectivity index (χ4v) is 5.06. The van der Waals surface area contributed by atoms with Gasteiger partial charge in [0, 0.05) is 12.2 Å². The number of ether oxygens (including phenoxy) is 2. The van der Waals surface area contributed by atoms with Crippen molar-refractivity contribution in [3.8, 4) is 5.75 Å². The van der Waals surface area contributed by atoms with E-state index in [1.54, 1.807) is 44.5 Å². The molecule has 0 aliphatic carbocycles. The van der Waals surface area contributed by atoms with E-state index in [9.17, 15) is 23.2 Å². The van der Waals surface area contributed by atoms with Gasteiger partial charge >= 0.3 is 6.09 Å². The van der Waals surface area contributed by atoms with Crippen LogP contribution in [0, 0.1) is 0 Å². The molecule has 1 aliphatic heterocycles. The lowest BCUT2D eigenvalue weighted by molar-refractivity contribution is -0.133. The van der Waals surface area contributed by atoms with E-state index in [4.69, 9.17) is 9.47 Å². The van der Waals surface area contributed by atoms with Gasteiger partial charge in [-0.15, -0.1) is 0 Å². The van der Waals surface area contributed by atoms with E-state index in [-0.39, 0.29) is 17.9 Å². The van der Waals surface area contributed by atoms with Gasteiger partial charge in [0.1, 0.15) is 17.4 Å². The predicted molar refractivity (Wildman–Crippen MR) is 119 cm³/mol. The van der Waals surface area contributed by atoms with Crippen LogP contribution in [-0.2, 0) is 32.5 Å². The summed E-state index contributed by atoms with van der Waals surface area (Å²) in [6.07, 6.45) is -0.595. The lowest BCUT2D eigenvalue weighted by Crippen LogP contribution is -2.51. The number of methoxy groups -OCH3 is 1. The summed E-state index contributed by atoms with van der Waals surface area (Å²) < 4.78 is 38.1. The molecule has 178 valence electrons. The number of nitrogens with one attached hydrogen (secondary N) is 2. The van der Waals surface area contributed by atoms with Crippen LogP contribution in [0.25, 0.3) is 0 Å². The third-order valence-electron chi connectivity index (χ3n) is 5.02. The highest BCUT2D eigenvalue weighted by molar-refractivity contribution is 7.89. The summed E-state index contributed by atoms with van der Waals surface area (Å²) in [7, 11) is -2.63. The number of carbonyl (C=O) groups excluding carboxylic acids is 2. The summed E-state index contributed by atoms with van der Waals surface area (Å²) in [4.78, 5) is 24.4. The Morgan fingerprint density at radius 1 is 1.09 bits per heavy atom. The van der Waals surface area contributed by atoms with Gasteiger partial charge in [0.2, 0.25) is 10.0 Å². The number of hydrogen-bond donors (Lipinski definition) is 3. The molecule has 0 spiro atoms.